The highest BCUT2D eigenvalue weighted by Gasteiger charge is 2.00. The summed E-state index contributed by atoms with van der Waals surface area (Å²) in [7, 11) is 0. The lowest BCUT2D eigenvalue weighted by atomic mass is 10.3. The number of aliphatic hydroxyl groups excluding tert-OH is 1. The lowest BCUT2D eigenvalue weighted by molar-refractivity contribution is 0.253. The van der Waals surface area contributed by atoms with Crippen molar-refractivity contribution in [2.45, 2.75) is 19.8 Å². The number of hydrogen-bond acceptors (Lipinski definition) is 5. The minimum Gasteiger partial charge on any atom is -0.494 e. The third-order valence-electron chi connectivity index (χ3n) is 3.10. The van der Waals surface area contributed by atoms with E-state index >= 15 is 0 Å². The maximum atomic E-state index is 8.72. The Balaban J connectivity index is 1.95. The lowest BCUT2D eigenvalue weighted by Crippen LogP contribution is -1.98. The van der Waals surface area contributed by atoms with E-state index in [1.54, 1.807) is 0 Å². The number of para-hydroxylation sites is 1. The number of aliphatic hydroxyl groups is 1. The normalized spacial score (nSPS) is 10.9. The van der Waals surface area contributed by atoms with Crippen LogP contribution in [-0.2, 0) is 0 Å². The maximum Gasteiger partial charge on any atom is 0.146 e. The standard InChI is InChI=1S/C18H22N2O3/c1-2-22-18-8-4-3-7-17(18)20-19-15-9-11-16(12-10-15)23-14-6-5-13-21/h3-4,7-12,21H,2,5-6,13-14H2,1H3. The number of hydrogen-bond donors (Lipinski definition) is 1. The third-order valence-corrected chi connectivity index (χ3v) is 3.10. The SMILES string of the molecule is CCOc1ccccc1N=Nc1ccc(OCCCCO)cc1. The predicted molar refractivity (Wildman–Crippen MR) is 90.0 cm³/mol. The Morgan fingerprint density at radius 1 is 0.913 bits per heavy atom. The molecule has 1 N–H and O–H groups in total. The van der Waals surface area contributed by atoms with E-state index in [-0.39, 0.29) is 6.61 Å². The number of azo groups is 1. The van der Waals surface area contributed by atoms with E-state index < -0.39 is 0 Å². The summed E-state index contributed by atoms with van der Waals surface area (Å²) in [6.07, 6.45) is 1.59. The highest BCUT2D eigenvalue weighted by atomic mass is 16.5. The summed E-state index contributed by atoms with van der Waals surface area (Å²) in [5.74, 6) is 1.51. The molecule has 0 saturated heterocycles. The van der Waals surface area contributed by atoms with Gasteiger partial charge >= 0.3 is 0 Å². The van der Waals surface area contributed by atoms with E-state index in [2.05, 4.69) is 10.2 Å². The molecule has 0 aliphatic heterocycles. The van der Waals surface area contributed by atoms with Crippen LogP contribution in [0.15, 0.2) is 58.8 Å². The second-order valence-corrected chi connectivity index (χ2v) is 4.87. The zero-order chi connectivity index (χ0) is 16.3. The summed E-state index contributed by atoms with van der Waals surface area (Å²) in [5, 5.41) is 17.2. The molecule has 0 unspecified atom stereocenters. The van der Waals surface area contributed by atoms with Gasteiger partial charge in [-0.1, -0.05) is 12.1 Å². The third kappa shape index (κ3) is 5.71. The molecule has 0 atom stereocenters. The molecule has 0 aliphatic rings. The summed E-state index contributed by atoms with van der Waals surface area (Å²) < 4.78 is 11.1. The first kappa shape index (κ1) is 17.0. The second kappa shape index (κ2) is 9.58. The number of unbranched alkanes of at least 4 members (excludes halogenated alkanes) is 1. The first-order valence-corrected chi connectivity index (χ1v) is 7.80. The van der Waals surface area contributed by atoms with Crippen LogP contribution < -0.4 is 9.47 Å². The van der Waals surface area contributed by atoms with Gasteiger partial charge in [-0.05, 0) is 56.2 Å². The van der Waals surface area contributed by atoms with Crippen LogP contribution in [-0.4, -0.2) is 24.9 Å². The van der Waals surface area contributed by atoms with Crippen molar-refractivity contribution in [3.63, 3.8) is 0 Å². The second-order valence-electron chi connectivity index (χ2n) is 4.87. The molecule has 0 amide bonds. The molecule has 0 spiro atoms. The van der Waals surface area contributed by atoms with Gasteiger partial charge in [0, 0.05) is 6.61 Å². The molecule has 0 bridgehead atoms. The number of nitrogens with zero attached hydrogens (tertiary/aromatic N) is 2. The van der Waals surface area contributed by atoms with Gasteiger partial charge in [-0.25, -0.2) is 0 Å². The van der Waals surface area contributed by atoms with Crippen molar-refractivity contribution in [2.75, 3.05) is 19.8 Å². The van der Waals surface area contributed by atoms with Crippen LogP contribution in [0.3, 0.4) is 0 Å². The van der Waals surface area contributed by atoms with Crippen molar-refractivity contribution in [3.8, 4) is 11.5 Å². The van der Waals surface area contributed by atoms with Crippen LogP contribution in [0.1, 0.15) is 19.8 Å². The molecular weight excluding hydrogens is 292 g/mol. The van der Waals surface area contributed by atoms with E-state index in [9.17, 15) is 0 Å². The molecule has 2 rings (SSSR count). The molecule has 2 aromatic carbocycles. The molecule has 0 fully saturated rings. The van der Waals surface area contributed by atoms with Crippen LogP contribution in [0.5, 0.6) is 11.5 Å². The molecule has 23 heavy (non-hydrogen) atoms. The summed E-state index contributed by atoms with van der Waals surface area (Å²) >= 11 is 0. The Bertz CT molecular complexity index is 612. The summed E-state index contributed by atoms with van der Waals surface area (Å²) in [4.78, 5) is 0. The molecule has 5 nitrogen and oxygen atoms in total. The van der Waals surface area contributed by atoms with Gasteiger partial charge in [0.1, 0.15) is 17.2 Å². The Morgan fingerprint density at radius 3 is 2.43 bits per heavy atom. The van der Waals surface area contributed by atoms with Gasteiger partial charge in [0.05, 0.1) is 18.9 Å². The molecule has 0 aromatic heterocycles. The van der Waals surface area contributed by atoms with Crippen molar-refractivity contribution in [2.24, 2.45) is 10.2 Å². The minimum atomic E-state index is 0.200. The van der Waals surface area contributed by atoms with Crippen molar-refractivity contribution in [3.05, 3.63) is 48.5 Å². The fraction of sp³-hybridized carbons (Fsp3) is 0.333. The number of ether oxygens (including phenoxy) is 2. The lowest BCUT2D eigenvalue weighted by Gasteiger charge is -2.06. The molecule has 0 saturated carbocycles. The summed E-state index contributed by atoms with van der Waals surface area (Å²) in [5.41, 5.74) is 1.46. The fourth-order valence-corrected chi connectivity index (χ4v) is 1.94. The van der Waals surface area contributed by atoms with Gasteiger partial charge in [-0.2, -0.15) is 5.11 Å². The molecule has 0 aliphatic carbocycles. The van der Waals surface area contributed by atoms with Crippen molar-refractivity contribution < 1.29 is 14.6 Å². The molecule has 122 valence electrons. The zero-order valence-electron chi connectivity index (χ0n) is 13.3. The van der Waals surface area contributed by atoms with Gasteiger partial charge in [0.15, 0.2) is 0 Å². The van der Waals surface area contributed by atoms with Crippen LogP contribution in [0.4, 0.5) is 11.4 Å². The number of rotatable bonds is 9. The smallest absolute Gasteiger partial charge is 0.146 e. The van der Waals surface area contributed by atoms with Crippen LogP contribution in [0, 0.1) is 0 Å². The fourth-order valence-electron chi connectivity index (χ4n) is 1.94. The van der Waals surface area contributed by atoms with Crippen LogP contribution in [0.25, 0.3) is 0 Å². The van der Waals surface area contributed by atoms with Crippen molar-refractivity contribution >= 4 is 11.4 Å². The van der Waals surface area contributed by atoms with Crippen molar-refractivity contribution in [1.82, 2.24) is 0 Å². The molecular formula is C18H22N2O3. The minimum absolute atomic E-state index is 0.200. The highest BCUT2D eigenvalue weighted by Crippen LogP contribution is 2.29. The van der Waals surface area contributed by atoms with E-state index in [4.69, 9.17) is 14.6 Å². The molecule has 2 aromatic rings. The van der Waals surface area contributed by atoms with Crippen LogP contribution in [0.2, 0.25) is 0 Å². The predicted octanol–water partition coefficient (Wildman–Crippen LogP) is 4.65. The largest absolute Gasteiger partial charge is 0.494 e. The quantitative estimate of drug-likeness (QED) is 0.541. The molecule has 0 heterocycles. The van der Waals surface area contributed by atoms with Crippen LogP contribution >= 0.6 is 0 Å². The Morgan fingerprint density at radius 2 is 1.70 bits per heavy atom. The van der Waals surface area contributed by atoms with E-state index in [0.29, 0.717) is 18.9 Å². The first-order chi connectivity index (χ1) is 11.3. The van der Waals surface area contributed by atoms with Gasteiger partial charge in [-0.15, -0.1) is 5.11 Å². The van der Waals surface area contributed by atoms with Gasteiger partial charge < -0.3 is 14.6 Å². The summed E-state index contributed by atoms with van der Waals surface area (Å²) in [6, 6.07) is 15.0. The average Bonchev–Trinajstić information content (AvgIpc) is 2.59. The zero-order valence-corrected chi connectivity index (χ0v) is 13.3. The Labute approximate surface area is 136 Å². The van der Waals surface area contributed by atoms with Gasteiger partial charge in [0.25, 0.3) is 0 Å². The Hall–Kier alpha value is -2.40. The van der Waals surface area contributed by atoms with E-state index in [0.717, 1.165) is 30.0 Å². The van der Waals surface area contributed by atoms with Crippen molar-refractivity contribution in [1.29, 1.82) is 0 Å². The monoisotopic (exact) mass is 314 g/mol. The highest BCUT2D eigenvalue weighted by molar-refractivity contribution is 5.51. The van der Waals surface area contributed by atoms with Gasteiger partial charge in [-0.3, -0.25) is 0 Å². The summed E-state index contributed by atoms with van der Waals surface area (Å²) in [6.45, 7) is 3.33. The number of benzene rings is 2. The molecule has 5 heteroatoms. The Kier molecular flexibility index (Phi) is 7.07. The molecule has 0 radical (unpaired) electrons. The van der Waals surface area contributed by atoms with E-state index in [1.165, 1.54) is 0 Å². The van der Waals surface area contributed by atoms with E-state index in [1.807, 2.05) is 55.5 Å². The maximum absolute atomic E-state index is 8.72. The first-order valence-electron chi connectivity index (χ1n) is 7.80. The topological polar surface area (TPSA) is 63.4 Å². The average molecular weight is 314 g/mol. The van der Waals surface area contributed by atoms with Gasteiger partial charge in [0.2, 0.25) is 0 Å².